The molecular formula is C14H14O. The smallest absolute Gasteiger partial charge is 0.134 e. The maximum absolute atomic E-state index is 5.60. The van der Waals surface area contributed by atoms with Crippen molar-refractivity contribution in [1.29, 1.82) is 0 Å². The number of rotatable bonds is 2. The summed E-state index contributed by atoms with van der Waals surface area (Å²) in [6.07, 6.45) is 1.85. The maximum atomic E-state index is 5.60. The first-order chi connectivity index (χ1) is 7.20. The van der Waals surface area contributed by atoms with Crippen LogP contribution in [0.25, 0.3) is 17.4 Å². The van der Waals surface area contributed by atoms with E-state index in [4.69, 9.17) is 4.42 Å². The first-order valence-electron chi connectivity index (χ1n) is 5.00. The van der Waals surface area contributed by atoms with E-state index < -0.39 is 0 Å². The summed E-state index contributed by atoms with van der Waals surface area (Å²) in [5.74, 6) is 1.87. The summed E-state index contributed by atoms with van der Waals surface area (Å²) in [5, 5.41) is 0. The van der Waals surface area contributed by atoms with Crippen LogP contribution in [-0.4, -0.2) is 0 Å². The van der Waals surface area contributed by atoms with Crippen LogP contribution in [0.15, 0.2) is 41.3 Å². The van der Waals surface area contributed by atoms with Gasteiger partial charge >= 0.3 is 0 Å². The minimum Gasteiger partial charge on any atom is -0.461 e. The van der Waals surface area contributed by atoms with Gasteiger partial charge in [-0.3, -0.25) is 0 Å². The molecular weight excluding hydrogens is 184 g/mol. The first kappa shape index (κ1) is 9.78. The third-order valence-electron chi connectivity index (χ3n) is 2.49. The third-order valence-corrected chi connectivity index (χ3v) is 2.49. The average molecular weight is 198 g/mol. The summed E-state index contributed by atoms with van der Waals surface area (Å²) < 4.78 is 5.60. The van der Waals surface area contributed by atoms with Gasteiger partial charge in [-0.05, 0) is 37.1 Å². The number of hydrogen-bond donors (Lipinski definition) is 0. The Morgan fingerprint density at radius 3 is 2.47 bits per heavy atom. The number of aryl methyl sites for hydroxylation is 2. The summed E-state index contributed by atoms with van der Waals surface area (Å²) in [4.78, 5) is 0. The van der Waals surface area contributed by atoms with Crippen molar-refractivity contribution in [3.63, 3.8) is 0 Å². The molecule has 0 amide bonds. The largest absolute Gasteiger partial charge is 0.461 e. The molecule has 0 saturated carbocycles. The maximum Gasteiger partial charge on any atom is 0.134 e. The summed E-state index contributed by atoms with van der Waals surface area (Å²) in [5.41, 5.74) is 3.50. The summed E-state index contributed by atoms with van der Waals surface area (Å²) >= 11 is 0. The Labute approximate surface area is 90.1 Å². The fraction of sp³-hybridized carbons (Fsp3) is 0.143. The molecule has 0 saturated heterocycles. The Hall–Kier alpha value is -1.76. The fourth-order valence-electron chi connectivity index (χ4n) is 1.67. The van der Waals surface area contributed by atoms with Gasteiger partial charge in [0, 0.05) is 5.56 Å². The van der Waals surface area contributed by atoms with Crippen LogP contribution in [-0.2, 0) is 0 Å². The van der Waals surface area contributed by atoms with Gasteiger partial charge in [-0.1, -0.05) is 30.9 Å². The van der Waals surface area contributed by atoms with Crippen molar-refractivity contribution in [3.05, 3.63) is 53.8 Å². The van der Waals surface area contributed by atoms with E-state index in [0.717, 1.165) is 22.6 Å². The SMILES string of the molecule is C=Cc1ccc(-c2ccc(C)o2)c(C)c1. The van der Waals surface area contributed by atoms with Crippen LogP contribution in [0.1, 0.15) is 16.9 Å². The van der Waals surface area contributed by atoms with Crippen LogP contribution in [0.3, 0.4) is 0 Å². The standard InChI is InChI=1S/C14H14O/c1-4-12-6-7-13(10(2)9-12)14-8-5-11(3)15-14/h4-9H,1H2,2-3H3. The molecule has 2 rings (SSSR count). The molecule has 0 aliphatic carbocycles. The van der Waals surface area contributed by atoms with Crippen LogP contribution in [0.4, 0.5) is 0 Å². The van der Waals surface area contributed by atoms with Gasteiger partial charge in [-0.15, -0.1) is 0 Å². The Kier molecular flexibility index (Phi) is 2.46. The van der Waals surface area contributed by atoms with E-state index in [2.05, 4.69) is 25.6 Å². The van der Waals surface area contributed by atoms with Gasteiger partial charge in [-0.25, -0.2) is 0 Å². The zero-order chi connectivity index (χ0) is 10.8. The lowest BCUT2D eigenvalue weighted by molar-refractivity contribution is 0.548. The molecule has 0 aliphatic rings. The van der Waals surface area contributed by atoms with Crippen molar-refractivity contribution >= 4 is 6.08 Å². The van der Waals surface area contributed by atoms with E-state index in [1.165, 1.54) is 5.56 Å². The highest BCUT2D eigenvalue weighted by Gasteiger charge is 2.05. The molecule has 1 heteroatoms. The highest BCUT2D eigenvalue weighted by atomic mass is 16.3. The number of benzene rings is 1. The van der Waals surface area contributed by atoms with Gasteiger partial charge in [0.05, 0.1) is 0 Å². The van der Waals surface area contributed by atoms with Crippen molar-refractivity contribution < 1.29 is 4.42 Å². The Morgan fingerprint density at radius 2 is 1.93 bits per heavy atom. The van der Waals surface area contributed by atoms with Gasteiger partial charge in [0.1, 0.15) is 11.5 Å². The highest BCUT2D eigenvalue weighted by Crippen LogP contribution is 2.26. The summed E-state index contributed by atoms with van der Waals surface area (Å²) in [6, 6.07) is 10.2. The quantitative estimate of drug-likeness (QED) is 0.704. The molecule has 1 aromatic carbocycles. The fourth-order valence-corrected chi connectivity index (χ4v) is 1.67. The molecule has 0 radical (unpaired) electrons. The molecule has 2 aromatic rings. The van der Waals surface area contributed by atoms with Crippen molar-refractivity contribution in [3.8, 4) is 11.3 Å². The van der Waals surface area contributed by atoms with Gasteiger partial charge in [0.2, 0.25) is 0 Å². The lowest BCUT2D eigenvalue weighted by atomic mass is 10.0. The topological polar surface area (TPSA) is 13.1 Å². The first-order valence-corrected chi connectivity index (χ1v) is 5.00. The van der Waals surface area contributed by atoms with Crippen molar-refractivity contribution in [2.45, 2.75) is 13.8 Å². The van der Waals surface area contributed by atoms with Gasteiger partial charge in [-0.2, -0.15) is 0 Å². The predicted octanol–water partition coefficient (Wildman–Crippen LogP) is 4.21. The minimum atomic E-state index is 0.931. The summed E-state index contributed by atoms with van der Waals surface area (Å²) in [7, 11) is 0. The molecule has 1 aromatic heterocycles. The molecule has 15 heavy (non-hydrogen) atoms. The molecule has 0 bridgehead atoms. The molecule has 0 spiro atoms. The van der Waals surface area contributed by atoms with Gasteiger partial charge < -0.3 is 4.42 Å². The zero-order valence-electron chi connectivity index (χ0n) is 9.08. The van der Waals surface area contributed by atoms with Crippen LogP contribution in [0, 0.1) is 13.8 Å². The summed E-state index contributed by atoms with van der Waals surface area (Å²) in [6.45, 7) is 7.79. The van der Waals surface area contributed by atoms with E-state index in [0.29, 0.717) is 0 Å². The normalized spacial score (nSPS) is 10.3. The third kappa shape index (κ3) is 1.86. The molecule has 0 unspecified atom stereocenters. The molecule has 0 atom stereocenters. The van der Waals surface area contributed by atoms with Gasteiger partial charge in [0.15, 0.2) is 0 Å². The number of hydrogen-bond acceptors (Lipinski definition) is 1. The molecule has 0 aliphatic heterocycles. The van der Waals surface area contributed by atoms with Crippen LogP contribution in [0.2, 0.25) is 0 Å². The van der Waals surface area contributed by atoms with Crippen LogP contribution < -0.4 is 0 Å². The van der Waals surface area contributed by atoms with Crippen molar-refractivity contribution in [1.82, 2.24) is 0 Å². The van der Waals surface area contributed by atoms with Crippen molar-refractivity contribution in [2.75, 3.05) is 0 Å². The van der Waals surface area contributed by atoms with Gasteiger partial charge in [0.25, 0.3) is 0 Å². The second-order valence-corrected chi connectivity index (χ2v) is 3.69. The molecule has 0 fully saturated rings. The molecule has 1 heterocycles. The number of furan rings is 1. The predicted molar refractivity (Wildman–Crippen MR) is 63.7 cm³/mol. The van der Waals surface area contributed by atoms with E-state index in [-0.39, 0.29) is 0 Å². The monoisotopic (exact) mass is 198 g/mol. The Bertz CT molecular complexity index is 492. The van der Waals surface area contributed by atoms with E-state index in [1.54, 1.807) is 0 Å². The Morgan fingerprint density at radius 1 is 1.13 bits per heavy atom. The second kappa shape index (κ2) is 3.77. The van der Waals surface area contributed by atoms with E-state index in [9.17, 15) is 0 Å². The molecule has 76 valence electrons. The molecule has 0 N–H and O–H groups in total. The second-order valence-electron chi connectivity index (χ2n) is 3.69. The Balaban J connectivity index is 2.49. The van der Waals surface area contributed by atoms with Crippen molar-refractivity contribution in [2.24, 2.45) is 0 Å². The van der Waals surface area contributed by atoms with Crippen LogP contribution in [0.5, 0.6) is 0 Å². The minimum absolute atomic E-state index is 0.931. The molecule has 1 nitrogen and oxygen atoms in total. The lowest BCUT2D eigenvalue weighted by Crippen LogP contribution is -1.82. The zero-order valence-corrected chi connectivity index (χ0v) is 9.08. The van der Waals surface area contributed by atoms with E-state index >= 15 is 0 Å². The van der Waals surface area contributed by atoms with Crippen LogP contribution >= 0.6 is 0 Å². The van der Waals surface area contributed by atoms with E-state index in [1.807, 2.05) is 31.2 Å². The average Bonchev–Trinajstić information content (AvgIpc) is 2.64. The lowest BCUT2D eigenvalue weighted by Gasteiger charge is -2.03. The highest BCUT2D eigenvalue weighted by molar-refractivity contribution is 5.65.